The maximum absolute atomic E-state index is 4.15. The number of aryl methyl sites for hydroxylation is 1. The monoisotopic (exact) mass is 248 g/mol. The first-order valence-electron chi connectivity index (χ1n) is 6.03. The third kappa shape index (κ3) is 3.40. The van der Waals surface area contributed by atoms with Crippen molar-refractivity contribution in [3.05, 3.63) is 30.1 Å². The molecule has 0 aliphatic carbocycles. The second-order valence-electron chi connectivity index (χ2n) is 5.51. The van der Waals surface area contributed by atoms with Gasteiger partial charge in [0.1, 0.15) is 0 Å². The molecule has 0 fully saturated rings. The number of rotatable bonds is 4. The Bertz CT molecular complexity index is 505. The number of hydrogen-bond acceptors (Lipinski definition) is 4. The van der Waals surface area contributed by atoms with Gasteiger partial charge in [0.15, 0.2) is 0 Å². The van der Waals surface area contributed by atoms with E-state index in [1.165, 1.54) is 0 Å². The van der Waals surface area contributed by atoms with Crippen LogP contribution in [0.25, 0.3) is 0 Å². The van der Waals surface area contributed by atoms with Crippen LogP contribution in [-0.4, -0.2) is 30.1 Å². The van der Waals surface area contributed by atoms with Gasteiger partial charge in [0.2, 0.25) is 0 Å². The average Bonchev–Trinajstić information content (AvgIpc) is 2.86. The van der Waals surface area contributed by atoms with Crippen molar-refractivity contribution in [3.63, 3.8) is 0 Å². The minimum Gasteiger partial charge on any atom is -0.336 e. The lowest BCUT2D eigenvalue weighted by atomic mass is 10.1. The van der Waals surface area contributed by atoms with Crippen molar-refractivity contribution in [3.8, 4) is 0 Å². The van der Waals surface area contributed by atoms with Gasteiger partial charge >= 0.3 is 0 Å². The van der Waals surface area contributed by atoms with Gasteiger partial charge in [-0.05, 0) is 20.8 Å². The van der Waals surface area contributed by atoms with Crippen LogP contribution in [0.2, 0.25) is 0 Å². The van der Waals surface area contributed by atoms with Crippen LogP contribution in [0.4, 0.5) is 0 Å². The van der Waals surface area contributed by atoms with Crippen molar-refractivity contribution in [2.75, 3.05) is 0 Å². The van der Waals surface area contributed by atoms with E-state index in [1.807, 2.05) is 28.7 Å². The van der Waals surface area contributed by atoms with Gasteiger partial charge in [-0.1, -0.05) is 5.21 Å². The van der Waals surface area contributed by atoms with Crippen LogP contribution >= 0.6 is 0 Å². The van der Waals surface area contributed by atoms with E-state index in [9.17, 15) is 0 Å². The van der Waals surface area contributed by atoms with Crippen molar-refractivity contribution in [1.82, 2.24) is 29.9 Å². The molecule has 0 aliphatic heterocycles. The Morgan fingerprint density at radius 2 is 2.11 bits per heavy atom. The van der Waals surface area contributed by atoms with E-state index < -0.39 is 0 Å². The average molecular weight is 248 g/mol. The highest BCUT2D eigenvalue weighted by Crippen LogP contribution is 2.03. The van der Waals surface area contributed by atoms with Crippen LogP contribution in [0, 0.1) is 0 Å². The number of nitrogens with one attached hydrogen (secondary N) is 1. The van der Waals surface area contributed by atoms with Crippen LogP contribution in [0.3, 0.4) is 0 Å². The summed E-state index contributed by atoms with van der Waals surface area (Å²) in [7, 11) is 1.97. The number of imidazole rings is 1. The van der Waals surface area contributed by atoms with E-state index in [0.29, 0.717) is 6.54 Å². The summed E-state index contributed by atoms with van der Waals surface area (Å²) in [6, 6.07) is 0. The molecule has 0 aliphatic rings. The van der Waals surface area contributed by atoms with Crippen LogP contribution in [-0.2, 0) is 20.1 Å². The number of hydrogen-bond donors (Lipinski definition) is 1. The molecule has 2 rings (SSSR count). The first kappa shape index (κ1) is 12.8. The molecule has 0 aromatic carbocycles. The molecule has 6 heteroatoms. The molecule has 0 saturated carbocycles. The Kier molecular flexibility index (Phi) is 3.47. The van der Waals surface area contributed by atoms with E-state index in [2.05, 4.69) is 41.4 Å². The van der Waals surface area contributed by atoms with E-state index in [4.69, 9.17) is 0 Å². The molecule has 98 valence electrons. The van der Waals surface area contributed by atoms with Crippen LogP contribution in [0.1, 0.15) is 32.2 Å². The Hall–Kier alpha value is -1.69. The first-order chi connectivity index (χ1) is 8.44. The Morgan fingerprint density at radius 3 is 2.72 bits per heavy atom. The lowest BCUT2D eigenvalue weighted by Gasteiger charge is -2.19. The zero-order chi connectivity index (χ0) is 13.2. The highest BCUT2D eigenvalue weighted by atomic mass is 15.4. The van der Waals surface area contributed by atoms with Crippen LogP contribution < -0.4 is 5.32 Å². The SMILES string of the molecule is Cn1cncc1Cn1cc(CNC(C)(C)C)nn1. The van der Waals surface area contributed by atoms with E-state index in [1.54, 1.807) is 6.33 Å². The van der Waals surface area contributed by atoms with Gasteiger partial charge in [0.25, 0.3) is 0 Å². The summed E-state index contributed by atoms with van der Waals surface area (Å²) in [6.45, 7) is 7.82. The molecule has 0 atom stereocenters. The van der Waals surface area contributed by atoms with Gasteiger partial charge in [0, 0.05) is 19.1 Å². The first-order valence-corrected chi connectivity index (χ1v) is 6.03. The van der Waals surface area contributed by atoms with Gasteiger partial charge in [0.05, 0.1) is 36.7 Å². The molecule has 0 radical (unpaired) electrons. The number of nitrogens with zero attached hydrogens (tertiary/aromatic N) is 5. The lowest BCUT2D eigenvalue weighted by Crippen LogP contribution is -2.35. The summed E-state index contributed by atoms with van der Waals surface area (Å²) in [5.41, 5.74) is 2.15. The molecule has 6 nitrogen and oxygen atoms in total. The minimum atomic E-state index is 0.0891. The molecule has 2 aromatic heterocycles. The Morgan fingerprint density at radius 1 is 1.33 bits per heavy atom. The maximum atomic E-state index is 4.15. The van der Waals surface area contributed by atoms with Crippen molar-refractivity contribution >= 4 is 0 Å². The van der Waals surface area contributed by atoms with Gasteiger partial charge < -0.3 is 9.88 Å². The van der Waals surface area contributed by atoms with E-state index >= 15 is 0 Å². The van der Waals surface area contributed by atoms with Gasteiger partial charge in [-0.15, -0.1) is 5.10 Å². The molecule has 0 bridgehead atoms. The normalized spacial score (nSPS) is 12.0. The standard InChI is InChI=1S/C12H20N6/c1-12(2,3)14-5-10-7-18(16-15-10)8-11-6-13-9-17(11)4/h6-7,9,14H,5,8H2,1-4H3. The zero-order valence-corrected chi connectivity index (χ0v) is 11.4. The van der Waals surface area contributed by atoms with E-state index in [-0.39, 0.29) is 5.54 Å². The summed E-state index contributed by atoms with van der Waals surface area (Å²) >= 11 is 0. The molecular weight excluding hydrogens is 228 g/mol. The predicted molar refractivity (Wildman–Crippen MR) is 68.9 cm³/mol. The third-order valence-corrected chi connectivity index (χ3v) is 2.63. The highest BCUT2D eigenvalue weighted by molar-refractivity contribution is 5.00. The molecule has 1 N–H and O–H groups in total. The quantitative estimate of drug-likeness (QED) is 0.875. The minimum absolute atomic E-state index is 0.0891. The molecular formula is C12H20N6. The highest BCUT2D eigenvalue weighted by Gasteiger charge is 2.10. The smallest absolute Gasteiger partial charge is 0.0965 e. The molecule has 0 spiro atoms. The molecule has 0 saturated heterocycles. The molecule has 18 heavy (non-hydrogen) atoms. The van der Waals surface area contributed by atoms with Gasteiger partial charge in [-0.25, -0.2) is 9.67 Å². The summed E-state index contributed by atoms with van der Waals surface area (Å²) in [4.78, 5) is 4.08. The molecule has 2 heterocycles. The lowest BCUT2D eigenvalue weighted by molar-refractivity contribution is 0.421. The van der Waals surface area contributed by atoms with E-state index in [0.717, 1.165) is 17.9 Å². The fourth-order valence-electron chi connectivity index (χ4n) is 1.56. The summed E-state index contributed by atoms with van der Waals surface area (Å²) < 4.78 is 3.81. The third-order valence-electron chi connectivity index (χ3n) is 2.63. The second kappa shape index (κ2) is 4.89. The predicted octanol–water partition coefficient (Wildman–Crippen LogP) is 0.948. The van der Waals surface area contributed by atoms with Crippen molar-refractivity contribution < 1.29 is 0 Å². The van der Waals surface area contributed by atoms with Crippen molar-refractivity contribution in [1.29, 1.82) is 0 Å². The summed E-state index contributed by atoms with van der Waals surface area (Å²) in [5.74, 6) is 0. The maximum Gasteiger partial charge on any atom is 0.0965 e. The molecule has 2 aromatic rings. The molecule has 0 unspecified atom stereocenters. The van der Waals surface area contributed by atoms with Crippen molar-refractivity contribution in [2.45, 2.75) is 39.4 Å². The fraction of sp³-hybridized carbons (Fsp3) is 0.583. The van der Waals surface area contributed by atoms with Gasteiger partial charge in [-0.3, -0.25) is 0 Å². The zero-order valence-electron chi connectivity index (χ0n) is 11.4. The number of aromatic nitrogens is 5. The van der Waals surface area contributed by atoms with Crippen LogP contribution in [0.5, 0.6) is 0 Å². The molecule has 0 amide bonds. The topological polar surface area (TPSA) is 60.6 Å². The summed E-state index contributed by atoms with van der Waals surface area (Å²) in [5, 5.41) is 11.7. The summed E-state index contributed by atoms with van der Waals surface area (Å²) in [6.07, 6.45) is 5.59. The van der Waals surface area contributed by atoms with Crippen LogP contribution in [0.15, 0.2) is 18.7 Å². The fourth-order valence-corrected chi connectivity index (χ4v) is 1.56. The Labute approximate surface area is 107 Å². The Balaban J connectivity index is 1.96. The van der Waals surface area contributed by atoms with Gasteiger partial charge in [-0.2, -0.15) is 0 Å². The second-order valence-corrected chi connectivity index (χ2v) is 5.51. The largest absolute Gasteiger partial charge is 0.336 e. The van der Waals surface area contributed by atoms with Crippen molar-refractivity contribution in [2.24, 2.45) is 7.05 Å².